The van der Waals surface area contributed by atoms with Crippen LogP contribution in [0.1, 0.15) is 6.92 Å². The van der Waals surface area contributed by atoms with Crippen molar-refractivity contribution in [2.24, 2.45) is 0 Å². The van der Waals surface area contributed by atoms with Crippen LogP contribution in [0, 0.1) is 0 Å². The molecule has 124 valence electrons. The first kappa shape index (κ1) is 16.5. The molecule has 0 unspecified atom stereocenters. The van der Waals surface area contributed by atoms with E-state index >= 15 is 0 Å². The third-order valence-electron chi connectivity index (χ3n) is 3.08. The van der Waals surface area contributed by atoms with Crippen molar-refractivity contribution in [2.45, 2.75) is 23.9 Å². The Morgan fingerprint density at radius 2 is 2.46 bits per heavy atom. The van der Waals surface area contributed by atoms with Crippen LogP contribution in [0.4, 0.5) is 5.13 Å². The van der Waals surface area contributed by atoms with E-state index in [0.29, 0.717) is 28.4 Å². The second-order valence-corrected chi connectivity index (χ2v) is 6.97. The molecule has 0 fully saturated rings. The third-order valence-corrected chi connectivity index (χ3v) is 4.85. The van der Waals surface area contributed by atoms with Crippen molar-refractivity contribution < 1.29 is 9.21 Å². The summed E-state index contributed by atoms with van der Waals surface area (Å²) >= 11 is 2.70. The normalized spacial score (nSPS) is 12.0. The van der Waals surface area contributed by atoms with Gasteiger partial charge in [-0.3, -0.25) is 9.36 Å². The van der Waals surface area contributed by atoms with Crippen molar-refractivity contribution in [1.29, 1.82) is 0 Å². The fraction of sp³-hybridized carbons (Fsp3) is 0.200. The molecule has 1 amide bonds. The average Bonchev–Trinajstić information content (AvgIpc) is 3.30. The summed E-state index contributed by atoms with van der Waals surface area (Å²) < 4.78 is 7.25. The molecule has 0 bridgehead atoms. The largest absolute Gasteiger partial charge is 0.461 e. The zero-order chi connectivity index (χ0) is 16.9. The van der Waals surface area contributed by atoms with Crippen molar-refractivity contribution in [1.82, 2.24) is 19.7 Å². The molecule has 3 aromatic heterocycles. The Labute approximate surface area is 146 Å². The van der Waals surface area contributed by atoms with Gasteiger partial charge < -0.3 is 9.73 Å². The first-order chi connectivity index (χ1) is 11.7. The molecule has 0 saturated carbocycles. The van der Waals surface area contributed by atoms with Gasteiger partial charge in [-0.05, 0) is 19.1 Å². The first-order valence-corrected chi connectivity index (χ1v) is 8.90. The highest BCUT2D eigenvalue weighted by atomic mass is 32.2. The minimum atomic E-state index is -0.355. The van der Waals surface area contributed by atoms with E-state index in [2.05, 4.69) is 27.1 Å². The van der Waals surface area contributed by atoms with E-state index < -0.39 is 0 Å². The van der Waals surface area contributed by atoms with Gasteiger partial charge in [-0.2, -0.15) is 0 Å². The molecule has 3 rings (SSSR count). The van der Waals surface area contributed by atoms with E-state index in [1.165, 1.54) is 23.1 Å². The van der Waals surface area contributed by atoms with Gasteiger partial charge in [0.05, 0.1) is 11.5 Å². The van der Waals surface area contributed by atoms with Crippen LogP contribution in [-0.4, -0.2) is 30.9 Å². The molecule has 0 spiro atoms. The van der Waals surface area contributed by atoms with Gasteiger partial charge in [0, 0.05) is 18.1 Å². The van der Waals surface area contributed by atoms with Crippen molar-refractivity contribution >= 4 is 34.1 Å². The zero-order valence-corrected chi connectivity index (χ0v) is 14.5. The highest BCUT2D eigenvalue weighted by Crippen LogP contribution is 2.27. The molecule has 1 atom stereocenters. The number of aromatic nitrogens is 4. The Morgan fingerprint density at radius 3 is 3.12 bits per heavy atom. The molecule has 1 N–H and O–H groups in total. The fourth-order valence-electron chi connectivity index (χ4n) is 1.96. The minimum Gasteiger partial charge on any atom is -0.461 e. The number of rotatable bonds is 7. The van der Waals surface area contributed by atoms with Gasteiger partial charge in [0.1, 0.15) is 0 Å². The smallest absolute Gasteiger partial charge is 0.239 e. The van der Waals surface area contributed by atoms with Crippen molar-refractivity contribution in [3.8, 4) is 11.6 Å². The first-order valence-electron chi connectivity index (χ1n) is 7.14. The quantitative estimate of drug-likeness (QED) is 0.513. The third kappa shape index (κ3) is 3.57. The van der Waals surface area contributed by atoms with E-state index in [0.717, 1.165) is 0 Å². The predicted octanol–water partition coefficient (Wildman–Crippen LogP) is 3.30. The molecule has 24 heavy (non-hydrogen) atoms. The van der Waals surface area contributed by atoms with Crippen LogP contribution < -0.4 is 5.32 Å². The summed E-state index contributed by atoms with van der Waals surface area (Å²) in [5.74, 6) is 1.09. The lowest BCUT2D eigenvalue weighted by molar-refractivity contribution is -0.115. The van der Waals surface area contributed by atoms with Crippen LogP contribution >= 0.6 is 23.1 Å². The number of hydrogen-bond acceptors (Lipinski definition) is 7. The van der Waals surface area contributed by atoms with Gasteiger partial charge in [0.2, 0.25) is 11.7 Å². The number of furan rings is 1. The van der Waals surface area contributed by atoms with Gasteiger partial charge in [0.15, 0.2) is 16.0 Å². The summed E-state index contributed by atoms with van der Waals surface area (Å²) in [6, 6.07) is 3.61. The van der Waals surface area contributed by atoms with E-state index in [-0.39, 0.29) is 11.2 Å². The Hall–Kier alpha value is -2.39. The highest BCUT2D eigenvalue weighted by Gasteiger charge is 2.21. The molecule has 3 heterocycles. The molecule has 0 aromatic carbocycles. The number of thioether (sulfide) groups is 1. The second kappa shape index (κ2) is 7.45. The Kier molecular flexibility index (Phi) is 5.11. The standard InChI is InChI=1S/C15H15N5O2S2/c1-3-7-20-12(11-5-4-8-22-11)18-19-15(20)24-10(2)13(21)17-14-16-6-9-23-14/h3-6,8-10H,1,7H2,2H3,(H,16,17,21)/t10-/m0/s1. The summed E-state index contributed by atoms with van der Waals surface area (Å²) in [6.45, 7) is 6.09. The van der Waals surface area contributed by atoms with Crippen LogP contribution in [0.2, 0.25) is 0 Å². The van der Waals surface area contributed by atoms with Gasteiger partial charge >= 0.3 is 0 Å². The average molecular weight is 361 g/mol. The summed E-state index contributed by atoms with van der Waals surface area (Å²) in [5, 5.41) is 13.8. The number of nitrogens with zero attached hydrogens (tertiary/aromatic N) is 4. The number of nitrogens with one attached hydrogen (secondary N) is 1. The van der Waals surface area contributed by atoms with Gasteiger partial charge in [-0.25, -0.2) is 4.98 Å². The molecule has 0 saturated heterocycles. The Morgan fingerprint density at radius 1 is 1.58 bits per heavy atom. The Balaban J connectivity index is 1.76. The molecule has 9 heteroatoms. The maximum Gasteiger partial charge on any atom is 0.239 e. The van der Waals surface area contributed by atoms with E-state index in [1.54, 1.807) is 24.6 Å². The Bertz CT molecular complexity index is 811. The lowest BCUT2D eigenvalue weighted by atomic mass is 10.4. The topological polar surface area (TPSA) is 85.8 Å². The number of amides is 1. The highest BCUT2D eigenvalue weighted by molar-refractivity contribution is 8.00. The number of thiazole rings is 1. The van der Waals surface area contributed by atoms with E-state index in [4.69, 9.17) is 4.42 Å². The number of carbonyl (C=O) groups excluding carboxylic acids is 1. The summed E-state index contributed by atoms with van der Waals surface area (Å²) in [5.41, 5.74) is 0. The van der Waals surface area contributed by atoms with Crippen molar-refractivity contribution in [2.75, 3.05) is 5.32 Å². The lowest BCUT2D eigenvalue weighted by Crippen LogP contribution is -2.22. The molecule has 3 aromatic rings. The van der Waals surface area contributed by atoms with Gasteiger partial charge in [-0.15, -0.1) is 28.1 Å². The molecule has 0 radical (unpaired) electrons. The molecular formula is C15H15N5O2S2. The molecule has 0 aliphatic rings. The van der Waals surface area contributed by atoms with Crippen molar-refractivity contribution in [3.05, 3.63) is 42.6 Å². The molecule has 7 nitrogen and oxygen atoms in total. The maximum atomic E-state index is 12.3. The van der Waals surface area contributed by atoms with Crippen molar-refractivity contribution in [3.63, 3.8) is 0 Å². The number of hydrogen-bond donors (Lipinski definition) is 1. The number of carbonyl (C=O) groups is 1. The number of allylic oxidation sites excluding steroid dienone is 1. The van der Waals surface area contributed by atoms with E-state index in [9.17, 15) is 4.79 Å². The SMILES string of the molecule is C=CCn1c(S[C@@H](C)C(=O)Nc2nccs2)nnc1-c1ccco1. The van der Waals surface area contributed by atoms with Crippen LogP contribution in [0.25, 0.3) is 11.6 Å². The lowest BCUT2D eigenvalue weighted by Gasteiger charge is -2.11. The monoisotopic (exact) mass is 361 g/mol. The minimum absolute atomic E-state index is 0.136. The summed E-state index contributed by atoms with van der Waals surface area (Å²) in [4.78, 5) is 16.3. The van der Waals surface area contributed by atoms with Crippen LogP contribution in [-0.2, 0) is 11.3 Å². The van der Waals surface area contributed by atoms with Gasteiger partial charge in [-0.1, -0.05) is 17.8 Å². The van der Waals surface area contributed by atoms with Crippen LogP contribution in [0.15, 0.2) is 52.2 Å². The number of anilines is 1. The van der Waals surface area contributed by atoms with Crippen LogP contribution in [0.5, 0.6) is 0 Å². The molecular weight excluding hydrogens is 346 g/mol. The van der Waals surface area contributed by atoms with E-state index in [1.807, 2.05) is 22.9 Å². The van der Waals surface area contributed by atoms with Crippen LogP contribution in [0.3, 0.4) is 0 Å². The predicted molar refractivity (Wildman–Crippen MR) is 94.0 cm³/mol. The summed E-state index contributed by atoms with van der Waals surface area (Å²) in [6.07, 6.45) is 4.98. The van der Waals surface area contributed by atoms with Gasteiger partial charge in [0.25, 0.3) is 0 Å². The fourth-order valence-corrected chi connectivity index (χ4v) is 3.35. The zero-order valence-electron chi connectivity index (χ0n) is 12.9. The summed E-state index contributed by atoms with van der Waals surface area (Å²) in [7, 11) is 0. The maximum absolute atomic E-state index is 12.3. The second-order valence-electron chi connectivity index (χ2n) is 4.77. The molecule has 0 aliphatic carbocycles. The molecule has 0 aliphatic heterocycles.